The molecule has 0 aliphatic carbocycles. The first kappa shape index (κ1) is 23.0. The molecule has 7 heteroatoms. The van der Waals surface area contributed by atoms with E-state index in [-0.39, 0.29) is 31.4 Å². The van der Waals surface area contributed by atoms with Gasteiger partial charge in [-0.05, 0) is 46.5 Å². The third kappa shape index (κ3) is 5.42. The van der Waals surface area contributed by atoms with E-state index in [1.54, 1.807) is 30.3 Å². The average molecular weight is 465 g/mol. The van der Waals surface area contributed by atoms with Gasteiger partial charge in [0, 0.05) is 30.1 Å². The number of carbonyl (C=O) groups excluding carboxylic acids is 2. The third-order valence-corrected chi connectivity index (χ3v) is 6.05. The zero-order chi connectivity index (χ0) is 23.4. The van der Waals surface area contributed by atoms with Crippen molar-refractivity contribution < 1.29 is 19.8 Å². The summed E-state index contributed by atoms with van der Waals surface area (Å²) < 4.78 is 0. The molecular weight excluding hydrogens is 440 g/mol. The number of aliphatic hydroxyl groups is 2. The van der Waals surface area contributed by atoms with Crippen molar-refractivity contribution in [2.75, 3.05) is 6.54 Å². The van der Waals surface area contributed by atoms with Crippen LogP contribution in [-0.4, -0.2) is 45.6 Å². The summed E-state index contributed by atoms with van der Waals surface area (Å²) in [6.07, 6.45) is -0.560. The molecule has 0 saturated carbocycles. The highest BCUT2D eigenvalue weighted by Gasteiger charge is 2.39. The Morgan fingerprint density at radius 1 is 0.970 bits per heavy atom. The van der Waals surface area contributed by atoms with Gasteiger partial charge in [-0.1, -0.05) is 60.1 Å². The van der Waals surface area contributed by atoms with Crippen LogP contribution in [0.25, 0.3) is 11.1 Å². The Morgan fingerprint density at radius 2 is 1.67 bits per heavy atom. The molecule has 2 atom stereocenters. The number of likely N-dealkylation sites (tertiary alicyclic amines) is 1. The Kier molecular flexibility index (Phi) is 7.08. The summed E-state index contributed by atoms with van der Waals surface area (Å²) in [7, 11) is 0. The predicted molar refractivity (Wildman–Crippen MR) is 127 cm³/mol. The minimum Gasteiger partial charge on any atom is -0.392 e. The second kappa shape index (κ2) is 10.2. The molecule has 1 fully saturated rings. The molecule has 2 amide bonds. The molecule has 0 radical (unpaired) electrons. The van der Waals surface area contributed by atoms with Crippen LogP contribution in [-0.2, 0) is 17.9 Å². The number of nitrogens with zero attached hydrogens (tertiary/aromatic N) is 1. The van der Waals surface area contributed by atoms with Crippen molar-refractivity contribution in [3.8, 4) is 11.1 Å². The van der Waals surface area contributed by atoms with E-state index < -0.39 is 12.1 Å². The SMILES string of the molecule is O=C(NCc1ccc(Cl)cc1)[C@@H]1C[C@@H](O)CN1C(=O)c1cccc(-c2ccc(CO)cc2)c1. The van der Waals surface area contributed by atoms with Crippen LogP contribution in [0.15, 0.2) is 72.8 Å². The molecule has 1 aliphatic rings. The Morgan fingerprint density at radius 3 is 2.36 bits per heavy atom. The van der Waals surface area contributed by atoms with Crippen molar-refractivity contribution in [2.24, 2.45) is 0 Å². The summed E-state index contributed by atoms with van der Waals surface area (Å²) in [6, 6.07) is 21.1. The van der Waals surface area contributed by atoms with Gasteiger partial charge in [-0.2, -0.15) is 0 Å². The summed E-state index contributed by atoms with van der Waals surface area (Å²) in [5.41, 5.74) is 3.92. The highest BCUT2D eigenvalue weighted by atomic mass is 35.5. The predicted octanol–water partition coefficient (Wildman–Crippen LogP) is 3.39. The van der Waals surface area contributed by atoms with E-state index in [9.17, 15) is 19.8 Å². The van der Waals surface area contributed by atoms with Gasteiger partial charge in [-0.25, -0.2) is 0 Å². The van der Waals surface area contributed by atoms with Gasteiger partial charge in [0.2, 0.25) is 5.91 Å². The maximum absolute atomic E-state index is 13.3. The van der Waals surface area contributed by atoms with Crippen LogP contribution in [0.5, 0.6) is 0 Å². The number of aliphatic hydroxyl groups excluding tert-OH is 2. The van der Waals surface area contributed by atoms with Crippen molar-refractivity contribution in [1.82, 2.24) is 10.2 Å². The molecule has 3 N–H and O–H groups in total. The quantitative estimate of drug-likeness (QED) is 0.521. The van der Waals surface area contributed by atoms with Gasteiger partial charge in [0.25, 0.3) is 5.91 Å². The second-order valence-electron chi connectivity index (χ2n) is 8.14. The number of rotatable bonds is 6. The van der Waals surface area contributed by atoms with E-state index >= 15 is 0 Å². The number of nitrogens with one attached hydrogen (secondary N) is 1. The number of amides is 2. The fourth-order valence-corrected chi connectivity index (χ4v) is 4.12. The van der Waals surface area contributed by atoms with Gasteiger partial charge in [-0.3, -0.25) is 9.59 Å². The zero-order valence-corrected chi connectivity index (χ0v) is 18.7. The van der Waals surface area contributed by atoms with Gasteiger partial charge in [-0.15, -0.1) is 0 Å². The first-order chi connectivity index (χ1) is 15.9. The van der Waals surface area contributed by atoms with Gasteiger partial charge < -0.3 is 20.4 Å². The molecular formula is C26H25ClN2O4. The van der Waals surface area contributed by atoms with Gasteiger partial charge in [0.15, 0.2) is 0 Å². The van der Waals surface area contributed by atoms with Crippen molar-refractivity contribution in [3.05, 3.63) is 94.5 Å². The standard InChI is InChI=1S/C26H25ClN2O4/c27-22-10-6-17(7-11-22)14-28-25(32)24-13-23(31)15-29(24)26(33)21-3-1-2-20(12-21)19-8-4-18(16-30)5-9-19/h1-12,23-24,30-31H,13-16H2,(H,28,32)/t23-,24+/m1/s1. The average Bonchev–Trinajstić information content (AvgIpc) is 3.25. The normalized spacial score (nSPS) is 17.7. The smallest absolute Gasteiger partial charge is 0.254 e. The first-order valence-corrected chi connectivity index (χ1v) is 11.1. The maximum atomic E-state index is 13.3. The van der Waals surface area contributed by atoms with E-state index in [2.05, 4.69) is 5.32 Å². The second-order valence-corrected chi connectivity index (χ2v) is 8.58. The lowest BCUT2D eigenvalue weighted by Gasteiger charge is -2.24. The Balaban J connectivity index is 1.48. The largest absolute Gasteiger partial charge is 0.392 e. The fourth-order valence-electron chi connectivity index (χ4n) is 4.00. The Labute approximate surface area is 197 Å². The molecule has 1 saturated heterocycles. The highest BCUT2D eigenvalue weighted by Crippen LogP contribution is 2.25. The van der Waals surface area contributed by atoms with Crippen LogP contribution < -0.4 is 5.32 Å². The summed E-state index contributed by atoms with van der Waals surface area (Å²) in [6.45, 7) is 0.384. The van der Waals surface area contributed by atoms with Crippen LogP contribution in [0.4, 0.5) is 0 Å². The molecule has 0 unspecified atom stereocenters. The molecule has 4 rings (SSSR count). The van der Waals surface area contributed by atoms with Crippen molar-refractivity contribution in [2.45, 2.75) is 31.7 Å². The van der Waals surface area contributed by atoms with Crippen LogP contribution in [0.1, 0.15) is 27.9 Å². The number of hydrogen-bond acceptors (Lipinski definition) is 4. The summed E-state index contributed by atoms with van der Waals surface area (Å²) >= 11 is 5.90. The maximum Gasteiger partial charge on any atom is 0.254 e. The van der Waals surface area contributed by atoms with Crippen LogP contribution in [0.2, 0.25) is 5.02 Å². The molecule has 1 aliphatic heterocycles. The van der Waals surface area contributed by atoms with Crippen LogP contribution >= 0.6 is 11.6 Å². The molecule has 170 valence electrons. The summed E-state index contributed by atoms with van der Waals surface area (Å²) in [5, 5.41) is 22.9. The molecule has 33 heavy (non-hydrogen) atoms. The van der Waals surface area contributed by atoms with Gasteiger partial charge in [0.1, 0.15) is 6.04 Å². The number of β-amino-alcohol motifs (C(OH)–C–C–N with tert-alkyl or cyclic N) is 1. The Hall–Kier alpha value is -3.19. The molecule has 0 bridgehead atoms. The van der Waals surface area contributed by atoms with Gasteiger partial charge in [0.05, 0.1) is 12.7 Å². The zero-order valence-electron chi connectivity index (χ0n) is 17.9. The van der Waals surface area contributed by atoms with Crippen molar-refractivity contribution in [1.29, 1.82) is 0 Å². The van der Waals surface area contributed by atoms with E-state index in [1.807, 2.05) is 42.5 Å². The molecule has 1 heterocycles. The van der Waals surface area contributed by atoms with Crippen LogP contribution in [0, 0.1) is 0 Å². The van der Waals surface area contributed by atoms with Crippen molar-refractivity contribution in [3.63, 3.8) is 0 Å². The van der Waals surface area contributed by atoms with Crippen LogP contribution in [0.3, 0.4) is 0 Å². The number of carbonyl (C=O) groups is 2. The molecule has 0 spiro atoms. The lowest BCUT2D eigenvalue weighted by Crippen LogP contribution is -2.45. The fraction of sp³-hybridized carbons (Fsp3) is 0.231. The van der Waals surface area contributed by atoms with E-state index in [0.29, 0.717) is 17.1 Å². The molecule has 0 aromatic heterocycles. The molecule has 3 aromatic rings. The summed E-state index contributed by atoms with van der Waals surface area (Å²) in [4.78, 5) is 27.6. The molecule has 6 nitrogen and oxygen atoms in total. The van der Waals surface area contributed by atoms with E-state index in [1.165, 1.54) is 4.90 Å². The summed E-state index contributed by atoms with van der Waals surface area (Å²) in [5.74, 6) is -0.599. The monoisotopic (exact) mass is 464 g/mol. The van der Waals surface area contributed by atoms with E-state index in [4.69, 9.17) is 11.6 Å². The molecule has 3 aromatic carbocycles. The van der Waals surface area contributed by atoms with Crippen molar-refractivity contribution >= 4 is 23.4 Å². The first-order valence-electron chi connectivity index (χ1n) is 10.8. The highest BCUT2D eigenvalue weighted by molar-refractivity contribution is 6.30. The Bertz CT molecular complexity index is 1130. The van der Waals surface area contributed by atoms with E-state index in [0.717, 1.165) is 22.3 Å². The lowest BCUT2D eigenvalue weighted by molar-refractivity contribution is -0.125. The lowest BCUT2D eigenvalue weighted by atomic mass is 10.0. The minimum absolute atomic E-state index is 0.0302. The third-order valence-electron chi connectivity index (χ3n) is 5.80. The topological polar surface area (TPSA) is 89.9 Å². The minimum atomic E-state index is -0.755. The number of benzene rings is 3. The number of hydrogen-bond donors (Lipinski definition) is 3. The number of halogens is 1. The van der Waals surface area contributed by atoms with Gasteiger partial charge >= 0.3 is 0 Å².